The van der Waals surface area contributed by atoms with Gasteiger partial charge in [-0.05, 0) is 30.7 Å². The maximum absolute atomic E-state index is 13.7. The highest BCUT2D eigenvalue weighted by atomic mass is 16.4. The number of carbonyl (C=O) groups is 3. The molecule has 3 rings (SSSR count). The molecule has 1 amide bonds. The van der Waals surface area contributed by atoms with E-state index < -0.39 is 29.1 Å². The first-order chi connectivity index (χ1) is 15.3. The van der Waals surface area contributed by atoms with Gasteiger partial charge in [0, 0.05) is 12.1 Å². The van der Waals surface area contributed by atoms with Crippen molar-refractivity contribution in [1.29, 1.82) is 5.41 Å². The van der Waals surface area contributed by atoms with Crippen LogP contribution in [-0.2, 0) is 16.0 Å². The Morgan fingerprint density at radius 2 is 1.69 bits per heavy atom. The second-order valence-electron chi connectivity index (χ2n) is 8.48. The van der Waals surface area contributed by atoms with Gasteiger partial charge >= 0.3 is 5.97 Å². The Morgan fingerprint density at radius 3 is 2.25 bits per heavy atom. The molecule has 2 N–H and O–H groups in total. The first-order valence-corrected chi connectivity index (χ1v) is 11.1. The van der Waals surface area contributed by atoms with Crippen LogP contribution < -0.4 is 0 Å². The smallest absolute Gasteiger partial charge is 0.326 e. The van der Waals surface area contributed by atoms with Crippen LogP contribution in [0.25, 0.3) is 0 Å². The lowest BCUT2D eigenvalue weighted by Crippen LogP contribution is -2.51. The molecule has 0 bridgehead atoms. The highest BCUT2D eigenvalue weighted by Crippen LogP contribution is 2.43. The highest BCUT2D eigenvalue weighted by Gasteiger charge is 2.56. The zero-order valence-corrected chi connectivity index (χ0v) is 18.6. The second kappa shape index (κ2) is 9.90. The quantitative estimate of drug-likeness (QED) is 0.432. The van der Waals surface area contributed by atoms with Crippen molar-refractivity contribution in [1.82, 2.24) is 4.90 Å². The number of aryl methyl sites for hydroxylation is 1. The number of rotatable bonds is 10. The van der Waals surface area contributed by atoms with Crippen LogP contribution in [0.4, 0.5) is 0 Å². The summed E-state index contributed by atoms with van der Waals surface area (Å²) in [5.74, 6) is -2.21. The predicted molar refractivity (Wildman–Crippen MR) is 123 cm³/mol. The Morgan fingerprint density at radius 1 is 1.09 bits per heavy atom. The largest absolute Gasteiger partial charge is 0.480 e. The summed E-state index contributed by atoms with van der Waals surface area (Å²) in [4.78, 5) is 40.3. The number of hydrogen-bond acceptors (Lipinski definition) is 4. The highest BCUT2D eigenvalue weighted by molar-refractivity contribution is 6.49. The number of hydrogen-bond donors (Lipinski definition) is 2. The van der Waals surface area contributed by atoms with Crippen LogP contribution >= 0.6 is 0 Å². The molecule has 0 aromatic heterocycles. The summed E-state index contributed by atoms with van der Waals surface area (Å²) in [6.45, 7) is 4.01. The number of nitrogens with zero attached hydrogens (tertiary/aromatic N) is 1. The van der Waals surface area contributed by atoms with Gasteiger partial charge in [0.2, 0.25) is 11.7 Å². The van der Waals surface area contributed by atoms with Crippen molar-refractivity contribution in [2.75, 3.05) is 6.54 Å². The molecule has 6 heteroatoms. The summed E-state index contributed by atoms with van der Waals surface area (Å²) in [5, 5.41) is 18.7. The molecule has 0 aliphatic carbocycles. The zero-order valence-electron chi connectivity index (χ0n) is 18.6. The minimum atomic E-state index is -1.30. The fourth-order valence-corrected chi connectivity index (χ4v) is 4.64. The van der Waals surface area contributed by atoms with E-state index in [2.05, 4.69) is 0 Å². The van der Waals surface area contributed by atoms with Gasteiger partial charge in [-0.1, -0.05) is 80.9 Å². The zero-order chi connectivity index (χ0) is 23.3. The molecule has 3 atom stereocenters. The standard InChI is InChI=1S/C26H30N2O4/c1-3-18(2)26(23(27)22(29)20-12-8-5-9-13-20)16-17-28(25(26)32)21(24(30)31)15-14-19-10-6-4-7-11-19/h4-13,18,21,27H,3,14-17H2,1-2H3,(H,30,31)/t18?,21-,26+/m0/s1. The van der Waals surface area contributed by atoms with Crippen LogP contribution in [0.2, 0.25) is 0 Å². The maximum Gasteiger partial charge on any atom is 0.326 e. The van der Waals surface area contributed by atoms with Gasteiger partial charge in [0.15, 0.2) is 0 Å². The summed E-state index contributed by atoms with van der Waals surface area (Å²) in [6.07, 6.45) is 1.68. The van der Waals surface area contributed by atoms with Crippen molar-refractivity contribution < 1.29 is 19.5 Å². The van der Waals surface area contributed by atoms with E-state index >= 15 is 0 Å². The van der Waals surface area contributed by atoms with Crippen LogP contribution in [0.1, 0.15) is 49.0 Å². The number of likely N-dealkylation sites (tertiary alicyclic amines) is 1. The third kappa shape index (κ3) is 4.35. The first-order valence-electron chi connectivity index (χ1n) is 11.1. The average molecular weight is 435 g/mol. The monoisotopic (exact) mass is 434 g/mol. The summed E-state index contributed by atoms with van der Waals surface area (Å²) in [7, 11) is 0. The van der Waals surface area contributed by atoms with Gasteiger partial charge in [0.05, 0.1) is 11.1 Å². The third-order valence-electron chi connectivity index (χ3n) is 6.76. The summed E-state index contributed by atoms with van der Waals surface area (Å²) in [6, 6.07) is 17.1. The fraction of sp³-hybridized carbons (Fsp3) is 0.385. The molecular weight excluding hydrogens is 404 g/mol. The summed E-state index contributed by atoms with van der Waals surface area (Å²) in [5.41, 5.74) is -0.170. The molecule has 1 aliphatic heterocycles. The number of nitrogens with one attached hydrogen (secondary N) is 1. The SMILES string of the molecule is CCC(C)[C@@]1(C(=N)C(=O)c2ccccc2)CCN([C@@H](CCc2ccccc2)C(=O)O)C1=O. The Labute approximate surface area is 188 Å². The van der Waals surface area contributed by atoms with Crippen LogP contribution in [0, 0.1) is 16.7 Å². The molecule has 1 saturated heterocycles. The lowest BCUT2D eigenvalue weighted by molar-refractivity contribution is -0.150. The number of carbonyl (C=O) groups excluding carboxylic acids is 2. The lowest BCUT2D eigenvalue weighted by atomic mass is 9.68. The number of ketones is 1. The Balaban J connectivity index is 1.89. The third-order valence-corrected chi connectivity index (χ3v) is 6.76. The van der Waals surface area contributed by atoms with Crippen LogP contribution in [0.15, 0.2) is 60.7 Å². The van der Waals surface area contributed by atoms with Gasteiger partial charge in [-0.25, -0.2) is 4.79 Å². The molecule has 1 unspecified atom stereocenters. The summed E-state index contributed by atoms with van der Waals surface area (Å²) < 4.78 is 0. The van der Waals surface area contributed by atoms with Crippen LogP contribution in [0.5, 0.6) is 0 Å². The summed E-state index contributed by atoms with van der Waals surface area (Å²) >= 11 is 0. The molecule has 32 heavy (non-hydrogen) atoms. The van der Waals surface area contributed by atoms with Crippen molar-refractivity contribution in [3.63, 3.8) is 0 Å². The molecule has 1 fully saturated rings. The van der Waals surface area contributed by atoms with E-state index in [4.69, 9.17) is 5.41 Å². The van der Waals surface area contributed by atoms with Crippen molar-refractivity contribution in [2.45, 2.75) is 45.6 Å². The number of amides is 1. The maximum atomic E-state index is 13.7. The van der Waals surface area contributed by atoms with E-state index in [0.29, 0.717) is 18.4 Å². The van der Waals surface area contributed by atoms with Crippen LogP contribution in [-0.4, -0.2) is 46.0 Å². The molecule has 0 spiro atoms. The average Bonchev–Trinajstić information content (AvgIpc) is 3.16. The van der Waals surface area contributed by atoms with E-state index in [1.807, 2.05) is 44.2 Å². The van der Waals surface area contributed by atoms with E-state index in [0.717, 1.165) is 5.56 Å². The molecule has 0 saturated carbocycles. The number of carboxylic acid groups (broad SMARTS) is 1. The Bertz CT molecular complexity index is 989. The fourth-order valence-electron chi connectivity index (χ4n) is 4.64. The topological polar surface area (TPSA) is 98.5 Å². The van der Waals surface area contributed by atoms with E-state index in [1.54, 1.807) is 30.3 Å². The number of carboxylic acids is 1. The molecule has 168 valence electrons. The van der Waals surface area contributed by atoms with Crippen LogP contribution in [0.3, 0.4) is 0 Å². The van der Waals surface area contributed by atoms with Gasteiger partial charge in [0.1, 0.15) is 6.04 Å². The van der Waals surface area contributed by atoms with Gasteiger partial charge in [0.25, 0.3) is 0 Å². The van der Waals surface area contributed by atoms with Gasteiger partial charge in [-0.3, -0.25) is 9.59 Å². The van der Waals surface area contributed by atoms with E-state index in [1.165, 1.54) is 4.90 Å². The molecule has 1 aliphatic rings. The molecule has 1 heterocycles. The molecule has 2 aromatic rings. The van der Waals surface area contributed by atoms with Crippen molar-refractivity contribution in [3.8, 4) is 0 Å². The van der Waals surface area contributed by atoms with Crippen molar-refractivity contribution >= 4 is 23.4 Å². The molecule has 6 nitrogen and oxygen atoms in total. The van der Waals surface area contributed by atoms with Gasteiger partial charge < -0.3 is 15.4 Å². The van der Waals surface area contributed by atoms with E-state index in [-0.39, 0.29) is 31.0 Å². The van der Waals surface area contributed by atoms with Crippen molar-refractivity contribution in [2.24, 2.45) is 11.3 Å². The van der Waals surface area contributed by atoms with E-state index in [9.17, 15) is 19.5 Å². The van der Waals surface area contributed by atoms with Gasteiger partial charge in [-0.15, -0.1) is 0 Å². The second-order valence-corrected chi connectivity index (χ2v) is 8.48. The lowest BCUT2D eigenvalue weighted by Gasteiger charge is -2.34. The van der Waals surface area contributed by atoms with Crippen molar-refractivity contribution in [3.05, 3.63) is 71.8 Å². The molecular formula is C26H30N2O4. The predicted octanol–water partition coefficient (Wildman–Crippen LogP) is 4.24. The number of Topliss-reactive ketones (excluding diaryl/α,β-unsaturated/α-hetero) is 1. The minimum absolute atomic E-state index is 0.222. The molecule has 2 aromatic carbocycles. The normalized spacial score (nSPS) is 20.1. The number of benzene rings is 2. The first kappa shape index (κ1) is 23.4. The Kier molecular flexibility index (Phi) is 7.23. The minimum Gasteiger partial charge on any atom is -0.480 e. The Hall–Kier alpha value is -3.28. The number of aliphatic carboxylic acids is 1. The van der Waals surface area contributed by atoms with Gasteiger partial charge in [-0.2, -0.15) is 0 Å². The molecule has 0 radical (unpaired) electrons.